The molecule has 0 amide bonds. The number of rotatable bonds is 2. The molecule has 1 saturated heterocycles. The first-order valence-electron chi connectivity index (χ1n) is 6.13. The van der Waals surface area contributed by atoms with E-state index in [2.05, 4.69) is 31.3 Å². The lowest BCUT2D eigenvalue weighted by Crippen LogP contribution is -2.28. The molecule has 88 valence electrons. The van der Waals surface area contributed by atoms with E-state index < -0.39 is 0 Å². The highest BCUT2D eigenvalue weighted by Gasteiger charge is 2.16. The summed E-state index contributed by atoms with van der Waals surface area (Å²) in [6, 6.07) is 4.33. The molecule has 16 heavy (non-hydrogen) atoms. The van der Waals surface area contributed by atoms with Gasteiger partial charge < -0.3 is 5.32 Å². The molecule has 2 rings (SSSR count). The largest absolute Gasteiger partial charge is 0.317 e. The van der Waals surface area contributed by atoms with Crippen LogP contribution in [-0.4, -0.2) is 13.1 Å². The van der Waals surface area contributed by atoms with Crippen LogP contribution in [0.1, 0.15) is 29.5 Å². The number of hydrogen-bond donors (Lipinski definition) is 1. The van der Waals surface area contributed by atoms with E-state index in [1.54, 1.807) is 0 Å². The molecule has 0 aromatic heterocycles. The zero-order valence-electron chi connectivity index (χ0n) is 10.1. The molecule has 1 heterocycles. The molecule has 0 spiro atoms. The van der Waals surface area contributed by atoms with E-state index >= 15 is 0 Å². The lowest BCUT2D eigenvalue weighted by molar-refractivity contribution is 0.372. The molecule has 0 aliphatic carbocycles. The SMILES string of the molecule is Cc1cc(C)c(CC2CCNCC2)c(Cl)c1. The van der Waals surface area contributed by atoms with Crippen molar-refractivity contribution in [1.29, 1.82) is 0 Å². The molecule has 0 saturated carbocycles. The van der Waals surface area contributed by atoms with Crippen LogP contribution in [0.3, 0.4) is 0 Å². The fourth-order valence-corrected chi connectivity index (χ4v) is 2.98. The standard InChI is InChI=1S/C14H20ClN/c1-10-7-11(2)13(14(15)8-10)9-12-3-5-16-6-4-12/h7-8,12,16H,3-6,9H2,1-2H3. The van der Waals surface area contributed by atoms with Gasteiger partial charge in [-0.2, -0.15) is 0 Å². The maximum absolute atomic E-state index is 6.34. The highest BCUT2D eigenvalue weighted by atomic mass is 35.5. The first kappa shape index (κ1) is 11.9. The van der Waals surface area contributed by atoms with Crippen molar-refractivity contribution in [2.24, 2.45) is 5.92 Å². The van der Waals surface area contributed by atoms with Gasteiger partial charge in [-0.15, -0.1) is 0 Å². The molecule has 1 aliphatic heterocycles. The van der Waals surface area contributed by atoms with Crippen molar-refractivity contribution >= 4 is 11.6 Å². The third-order valence-electron chi connectivity index (χ3n) is 3.51. The van der Waals surface area contributed by atoms with E-state index in [1.807, 2.05) is 0 Å². The summed E-state index contributed by atoms with van der Waals surface area (Å²) in [4.78, 5) is 0. The Kier molecular flexibility index (Phi) is 3.88. The average Bonchev–Trinajstić information content (AvgIpc) is 2.25. The smallest absolute Gasteiger partial charge is 0.0443 e. The van der Waals surface area contributed by atoms with Crippen LogP contribution in [0.4, 0.5) is 0 Å². The Bertz CT molecular complexity index is 344. The average molecular weight is 238 g/mol. The third-order valence-corrected chi connectivity index (χ3v) is 3.85. The molecule has 1 aromatic carbocycles. The van der Waals surface area contributed by atoms with Crippen molar-refractivity contribution in [3.8, 4) is 0 Å². The van der Waals surface area contributed by atoms with Gasteiger partial charge in [-0.1, -0.05) is 17.7 Å². The van der Waals surface area contributed by atoms with Gasteiger partial charge in [0, 0.05) is 5.02 Å². The summed E-state index contributed by atoms with van der Waals surface area (Å²) >= 11 is 6.34. The van der Waals surface area contributed by atoms with Gasteiger partial charge in [0.1, 0.15) is 0 Å². The molecule has 1 nitrogen and oxygen atoms in total. The van der Waals surface area contributed by atoms with Gasteiger partial charge in [0.15, 0.2) is 0 Å². The predicted molar refractivity (Wildman–Crippen MR) is 70.2 cm³/mol. The normalized spacial score (nSPS) is 17.7. The summed E-state index contributed by atoms with van der Waals surface area (Å²) in [7, 11) is 0. The van der Waals surface area contributed by atoms with E-state index in [9.17, 15) is 0 Å². The Morgan fingerprint density at radius 3 is 2.56 bits per heavy atom. The Balaban J connectivity index is 2.14. The molecule has 1 aromatic rings. The van der Waals surface area contributed by atoms with E-state index in [-0.39, 0.29) is 0 Å². The predicted octanol–water partition coefficient (Wildman–Crippen LogP) is 3.50. The maximum atomic E-state index is 6.34. The van der Waals surface area contributed by atoms with Crippen molar-refractivity contribution < 1.29 is 0 Å². The van der Waals surface area contributed by atoms with Crippen LogP contribution in [0.2, 0.25) is 5.02 Å². The van der Waals surface area contributed by atoms with E-state index in [1.165, 1.54) is 29.5 Å². The second-order valence-electron chi connectivity index (χ2n) is 4.94. The van der Waals surface area contributed by atoms with Crippen LogP contribution in [0.15, 0.2) is 12.1 Å². The van der Waals surface area contributed by atoms with Crippen LogP contribution in [0.5, 0.6) is 0 Å². The molecule has 0 atom stereocenters. The molecule has 2 heteroatoms. The van der Waals surface area contributed by atoms with Crippen molar-refractivity contribution in [2.75, 3.05) is 13.1 Å². The van der Waals surface area contributed by atoms with Crippen LogP contribution < -0.4 is 5.32 Å². The van der Waals surface area contributed by atoms with Crippen molar-refractivity contribution in [1.82, 2.24) is 5.32 Å². The van der Waals surface area contributed by atoms with Gasteiger partial charge in [0.25, 0.3) is 0 Å². The Morgan fingerprint density at radius 2 is 1.94 bits per heavy atom. The molecular weight excluding hydrogens is 218 g/mol. The van der Waals surface area contributed by atoms with Gasteiger partial charge in [-0.3, -0.25) is 0 Å². The van der Waals surface area contributed by atoms with Crippen molar-refractivity contribution in [3.05, 3.63) is 33.8 Å². The molecular formula is C14H20ClN. The van der Waals surface area contributed by atoms with Gasteiger partial charge in [0.2, 0.25) is 0 Å². The monoisotopic (exact) mass is 237 g/mol. The fraction of sp³-hybridized carbons (Fsp3) is 0.571. The highest BCUT2D eigenvalue weighted by Crippen LogP contribution is 2.27. The lowest BCUT2D eigenvalue weighted by atomic mass is 9.89. The summed E-state index contributed by atoms with van der Waals surface area (Å²) < 4.78 is 0. The topological polar surface area (TPSA) is 12.0 Å². The minimum absolute atomic E-state index is 0.806. The zero-order valence-corrected chi connectivity index (χ0v) is 10.9. The Morgan fingerprint density at radius 1 is 1.25 bits per heavy atom. The van der Waals surface area contributed by atoms with Crippen molar-refractivity contribution in [2.45, 2.75) is 33.1 Å². The summed E-state index contributed by atoms with van der Waals surface area (Å²) in [5.41, 5.74) is 3.97. The quantitative estimate of drug-likeness (QED) is 0.830. The minimum atomic E-state index is 0.806. The second kappa shape index (κ2) is 5.20. The van der Waals surface area contributed by atoms with Crippen LogP contribution in [0, 0.1) is 19.8 Å². The Hall–Kier alpha value is -0.530. The molecule has 0 unspecified atom stereocenters. The zero-order chi connectivity index (χ0) is 11.5. The fourth-order valence-electron chi connectivity index (χ4n) is 2.58. The van der Waals surface area contributed by atoms with Gasteiger partial charge >= 0.3 is 0 Å². The number of benzene rings is 1. The highest BCUT2D eigenvalue weighted by molar-refractivity contribution is 6.31. The minimum Gasteiger partial charge on any atom is -0.317 e. The van der Waals surface area contributed by atoms with Crippen LogP contribution in [-0.2, 0) is 6.42 Å². The van der Waals surface area contributed by atoms with E-state index in [4.69, 9.17) is 11.6 Å². The Labute approximate surface area is 103 Å². The van der Waals surface area contributed by atoms with Crippen molar-refractivity contribution in [3.63, 3.8) is 0 Å². The van der Waals surface area contributed by atoms with Gasteiger partial charge in [0.05, 0.1) is 0 Å². The second-order valence-corrected chi connectivity index (χ2v) is 5.35. The molecule has 1 aliphatic rings. The third kappa shape index (κ3) is 2.78. The van der Waals surface area contributed by atoms with Gasteiger partial charge in [-0.25, -0.2) is 0 Å². The van der Waals surface area contributed by atoms with E-state index in [0.717, 1.165) is 30.5 Å². The number of nitrogens with one attached hydrogen (secondary N) is 1. The molecule has 1 fully saturated rings. The van der Waals surface area contributed by atoms with Crippen LogP contribution >= 0.6 is 11.6 Å². The van der Waals surface area contributed by atoms with Gasteiger partial charge in [-0.05, 0) is 74.9 Å². The number of hydrogen-bond acceptors (Lipinski definition) is 1. The van der Waals surface area contributed by atoms with Crippen LogP contribution in [0.25, 0.3) is 0 Å². The first-order chi connectivity index (χ1) is 7.66. The maximum Gasteiger partial charge on any atom is 0.0443 e. The number of halogens is 1. The molecule has 1 N–H and O–H groups in total. The summed E-state index contributed by atoms with van der Waals surface area (Å²) in [5.74, 6) is 0.806. The summed E-state index contributed by atoms with van der Waals surface area (Å²) in [6.07, 6.45) is 3.71. The van der Waals surface area contributed by atoms with E-state index in [0.29, 0.717) is 0 Å². The first-order valence-corrected chi connectivity index (χ1v) is 6.51. The number of piperidine rings is 1. The molecule has 0 bridgehead atoms. The molecule has 0 radical (unpaired) electrons. The summed E-state index contributed by atoms with van der Waals surface area (Å²) in [6.45, 7) is 6.60. The summed E-state index contributed by atoms with van der Waals surface area (Å²) in [5, 5.41) is 4.36. The number of aryl methyl sites for hydroxylation is 2. The lowest BCUT2D eigenvalue weighted by Gasteiger charge is -2.24.